The second-order valence-electron chi connectivity index (χ2n) is 8.15. The number of likely N-dealkylation sites (tertiary alicyclic amines) is 1. The Morgan fingerprint density at radius 3 is 2.69 bits per heavy atom. The smallest absolute Gasteiger partial charge is 0.164 e. The number of hydrogen-bond donors (Lipinski definition) is 2. The van der Waals surface area contributed by atoms with Crippen LogP contribution in [-0.4, -0.2) is 52.2 Å². The lowest BCUT2D eigenvalue weighted by Crippen LogP contribution is -2.44. The van der Waals surface area contributed by atoms with Gasteiger partial charge in [-0.25, -0.2) is 4.98 Å². The molecular weight excluding hydrogens is 372 g/mol. The number of aromatic hydroxyl groups is 2. The lowest BCUT2D eigenvalue weighted by atomic mass is 9.85. The van der Waals surface area contributed by atoms with Crippen LogP contribution >= 0.6 is 0 Å². The summed E-state index contributed by atoms with van der Waals surface area (Å²) in [5.41, 5.74) is 2.34. The Balaban J connectivity index is 1.61. The van der Waals surface area contributed by atoms with Crippen LogP contribution < -0.4 is 0 Å². The summed E-state index contributed by atoms with van der Waals surface area (Å²) >= 11 is 0. The molecule has 5 rings (SSSR count). The van der Waals surface area contributed by atoms with E-state index in [1.807, 2.05) is 0 Å². The number of furan rings is 1. The molecule has 0 saturated carbocycles. The van der Waals surface area contributed by atoms with E-state index in [-0.39, 0.29) is 22.7 Å². The first-order valence-corrected chi connectivity index (χ1v) is 9.70. The average molecular weight is 394 g/mol. The number of aromatic nitrogens is 1. The number of rotatable bonds is 4. The van der Waals surface area contributed by atoms with Crippen LogP contribution in [0.25, 0.3) is 22.4 Å². The molecule has 1 spiro atoms. The van der Waals surface area contributed by atoms with Crippen molar-refractivity contribution >= 4 is 16.8 Å². The first kappa shape index (κ1) is 18.1. The molecule has 2 saturated heterocycles. The van der Waals surface area contributed by atoms with Gasteiger partial charge in [0.25, 0.3) is 0 Å². The summed E-state index contributed by atoms with van der Waals surface area (Å²) in [4.78, 5) is 19.1. The van der Waals surface area contributed by atoms with Crippen molar-refractivity contribution in [3.63, 3.8) is 0 Å². The molecule has 0 bridgehead atoms. The van der Waals surface area contributed by atoms with Crippen molar-refractivity contribution in [2.75, 3.05) is 26.3 Å². The van der Waals surface area contributed by atoms with Crippen LogP contribution in [0.5, 0.6) is 11.5 Å². The number of hydrogen-bond acceptors (Lipinski definition) is 7. The predicted octanol–water partition coefficient (Wildman–Crippen LogP) is 3.33. The Morgan fingerprint density at radius 1 is 1.24 bits per heavy atom. The SMILES string of the molecule is CC(=O)c1c(-c2ccc(O)cn2)oc2ccc(O)c(CN3CCC4(COC4)C3)c12. The van der Waals surface area contributed by atoms with Gasteiger partial charge in [-0.2, -0.15) is 0 Å². The molecule has 0 radical (unpaired) electrons. The zero-order valence-corrected chi connectivity index (χ0v) is 16.1. The fourth-order valence-electron chi connectivity index (χ4n) is 4.46. The van der Waals surface area contributed by atoms with Gasteiger partial charge >= 0.3 is 0 Å². The molecule has 2 N–H and O–H groups in total. The first-order valence-electron chi connectivity index (χ1n) is 9.70. The summed E-state index contributed by atoms with van der Waals surface area (Å²) in [6, 6.07) is 6.40. The molecule has 2 aromatic heterocycles. The number of nitrogens with zero attached hydrogens (tertiary/aromatic N) is 2. The zero-order chi connectivity index (χ0) is 20.2. The highest BCUT2D eigenvalue weighted by molar-refractivity contribution is 6.12. The average Bonchev–Trinajstić information content (AvgIpc) is 3.27. The molecule has 150 valence electrons. The van der Waals surface area contributed by atoms with Crippen molar-refractivity contribution in [3.8, 4) is 23.0 Å². The molecule has 1 aromatic carbocycles. The molecule has 2 aliphatic heterocycles. The number of ether oxygens (including phenoxy) is 1. The third-order valence-electron chi connectivity index (χ3n) is 5.99. The van der Waals surface area contributed by atoms with Gasteiger partial charge in [0.2, 0.25) is 0 Å². The molecule has 3 aromatic rings. The minimum absolute atomic E-state index is 0.0375. The van der Waals surface area contributed by atoms with Crippen LogP contribution in [0.15, 0.2) is 34.9 Å². The Hall–Kier alpha value is -2.90. The number of phenolic OH excluding ortho intramolecular Hbond substituents is 1. The highest BCUT2D eigenvalue weighted by atomic mass is 16.5. The molecule has 7 nitrogen and oxygen atoms in total. The van der Waals surface area contributed by atoms with Gasteiger partial charge in [0.1, 0.15) is 22.8 Å². The largest absolute Gasteiger partial charge is 0.508 e. The standard InChI is InChI=1S/C22H22N2O5/c1-13(25)19-20-15(9-24-7-6-22(10-24)11-28-12-22)17(27)4-5-18(20)29-21(19)16-3-2-14(26)8-23-16/h2-5,8,26-27H,6-7,9-12H2,1H3. The number of benzene rings is 1. The minimum atomic E-state index is -0.161. The quantitative estimate of drug-likeness (QED) is 0.655. The molecule has 0 aliphatic carbocycles. The van der Waals surface area contributed by atoms with Crippen molar-refractivity contribution in [1.29, 1.82) is 0 Å². The van der Waals surface area contributed by atoms with E-state index in [2.05, 4.69) is 9.88 Å². The van der Waals surface area contributed by atoms with E-state index in [1.54, 1.807) is 18.2 Å². The zero-order valence-electron chi connectivity index (χ0n) is 16.1. The molecular formula is C22H22N2O5. The molecule has 7 heteroatoms. The van der Waals surface area contributed by atoms with E-state index in [4.69, 9.17) is 9.15 Å². The van der Waals surface area contributed by atoms with E-state index >= 15 is 0 Å². The third kappa shape index (κ3) is 2.97. The highest BCUT2D eigenvalue weighted by Crippen LogP contribution is 2.42. The number of pyridine rings is 1. The van der Waals surface area contributed by atoms with E-state index in [0.717, 1.165) is 32.7 Å². The van der Waals surface area contributed by atoms with Crippen LogP contribution in [0, 0.1) is 5.41 Å². The Morgan fingerprint density at radius 2 is 2.07 bits per heavy atom. The maximum absolute atomic E-state index is 12.6. The molecule has 0 atom stereocenters. The monoisotopic (exact) mass is 394 g/mol. The molecule has 29 heavy (non-hydrogen) atoms. The van der Waals surface area contributed by atoms with Crippen molar-refractivity contribution < 1.29 is 24.2 Å². The first-order chi connectivity index (χ1) is 14.0. The minimum Gasteiger partial charge on any atom is -0.508 e. The topological polar surface area (TPSA) is 96.0 Å². The predicted molar refractivity (Wildman–Crippen MR) is 106 cm³/mol. The van der Waals surface area contributed by atoms with Gasteiger partial charge in [0, 0.05) is 29.5 Å². The van der Waals surface area contributed by atoms with Crippen LogP contribution in [0.4, 0.5) is 0 Å². The fourth-order valence-corrected chi connectivity index (χ4v) is 4.46. The number of carbonyl (C=O) groups is 1. The molecule has 4 heterocycles. The van der Waals surface area contributed by atoms with Gasteiger partial charge < -0.3 is 19.4 Å². The summed E-state index contributed by atoms with van der Waals surface area (Å²) in [5.74, 6) is 0.378. The Kier molecular flexibility index (Phi) is 4.11. The number of ketones is 1. The van der Waals surface area contributed by atoms with Crippen molar-refractivity contribution in [2.45, 2.75) is 19.9 Å². The summed E-state index contributed by atoms with van der Waals surface area (Å²) in [7, 11) is 0. The Bertz CT molecular complexity index is 1100. The van der Waals surface area contributed by atoms with Crippen LogP contribution in [-0.2, 0) is 11.3 Å². The van der Waals surface area contributed by atoms with E-state index in [9.17, 15) is 15.0 Å². The molecule has 0 unspecified atom stereocenters. The van der Waals surface area contributed by atoms with Crippen LogP contribution in [0.3, 0.4) is 0 Å². The van der Waals surface area contributed by atoms with Crippen molar-refractivity contribution in [1.82, 2.24) is 9.88 Å². The molecule has 2 aliphatic rings. The second-order valence-corrected chi connectivity index (χ2v) is 8.15. The van der Waals surface area contributed by atoms with Gasteiger partial charge in [-0.3, -0.25) is 9.69 Å². The van der Waals surface area contributed by atoms with Gasteiger partial charge in [-0.05, 0) is 44.2 Å². The Labute approximate surface area is 167 Å². The van der Waals surface area contributed by atoms with E-state index in [0.29, 0.717) is 40.1 Å². The number of Topliss-reactive ketones (excluding diaryl/α,β-unsaturated/α-hetero) is 1. The second kappa shape index (κ2) is 6.57. The van der Waals surface area contributed by atoms with Crippen molar-refractivity contribution in [3.05, 3.63) is 41.6 Å². The van der Waals surface area contributed by atoms with E-state index in [1.165, 1.54) is 19.2 Å². The summed E-state index contributed by atoms with van der Waals surface area (Å²) in [6.07, 6.45) is 2.40. The lowest BCUT2D eigenvalue weighted by Gasteiger charge is -2.37. The summed E-state index contributed by atoms with van der Waals surface area (Å²) in [5, 5.41) is 20.8. The summed E-state index contributed by atoms with van der Waals surface area (Å²) in [6.45, 7) is 5.45. The lowest BCUT2D eigenvalue weighted by molar-refractivity contribution is -0.105. The highest BCUT2D eigenvalue weighted by Gasteiger charge is 2.44. The van der Waals surface area contributed by atoms with E-state index < -0.39 is 0 Å². The van der Waals surface area contributed by atoms with Gasteiger partial charge in [-0.1, -0.05) is 0 Å². The van der Waals surface area contributed by atoms with Gasteiger partial charge in [0.15, 0.2) is 11.5 Å². The number of fused-ring (bicyclic) bond motifs is 1. The number of carbonyl (C=O) groups excluding carboxylic acids is 1. The maximum atomic E-state index is 12.6. The molecule has 2 fully saturated rings. The van der Waals surface area contributed by atoms with Crippen LogP contribution in [0.1, 0.15) is 29.3 Å². The summed E-state index contributed by atoms with van der Waals surface area (Å²) < 4.78 is 11.4. The van der Waals surface area contributed by atoms with Crippen LogP contribution in [0.2, 0.25) is 0 Å². The third-order valence-corrected chi connectivity index (χ3v) is 5.99. The normalized spacial score (nSPS) is 18.4. The van der Waals surface area contributed by atoms with Gasteiger partial charge in [-0.15, -0.1) is 0 Å². The maximum Gasteiger partial charge on any atom is 0.164 e. The fraction of sp³-hybridized carbons (Fsp3) is 0.364. The number of phenols is 1. The van der Waals surface area contributed by atoms with Crippen molar-refractivity contribution in [2.24, 2.45) is 5.41 Å². The molecule has 0 amide bonds. The van der Waals surface area contributed by atoms with Gasteiger partial charge in [0.05, 0.1) is 25.0 Å².